The fourth-order valence-electron chi connectivity index (χ4n) is 5.33. The van der Waals surface area contributed by atoms with Gasteiger partial charge in [0, 0.05) is 49.9 Å². The van der Waals surface area contributed by atoms with Crippen molar-refractivity contribution in [2.45, 2.75) is 19.2 Å². The van der Waals surface area contributed by atoms with E-state index in [1.54, 1.807) is 24.9 Å². The highest BCUT2D eigenvalue weighted by Gasteiger charge is 2.27. The number of hydrogen-bond donors (Lipinski definition) is 2. The van der Waals surface area contributed by atoms with Crippen LogP contribution in [0, 0.1) is 5.82 Å². The molecule has 11 heteroatoms. The number of hydrogen-bond acceptors (Lipinski definition) is 7. The standard InChI is InChI=1S/C28H25FN8O2/c29-18-5-7-37-24(14-32-26(37)11-18)21-2-3-23(27-22(21)13-33-28(27)38)34-25-4-1-19(12-31-25)36-9-10-39-20(16-36)15-35-8-6-30-17-35/h1-8,11-12,14,17,20H,9-10,13,15-16H2,(H,31,34)(H,33,38)/t20-/m1/s1. The number of morpholine rings is 1. The Morgan fingerprint density at radius 1 is 1.13 bits per heavy atom. The summed E-state index contributed by atoms with van der Waals surface area (Å²) in [5.74, 6) is 0.146. The molecule has 4 aromatic heterocycles. The van der Waals surface area contributed by atoms with Gasteiger partial charge in [0.15, 0.2) is 0 Å². The van der Waals surface area contributed by atoms with E-state index in [2.05, 4.69) is 30.5 Å². The molecule has 1 fully saturated rings. The summed E-state index contributed by atoms with van der Waals surface area (Å²) in [4.78, 5) is 28.2. The molecule has 1 saturated heterocycles. The monoisotopic (exact) mass is 524 g/mol. The van der Waals surface area contributed by atoms with Crippen LogP contribution in [0.5, 0.6) is 0 Å². The van der Waals surface area contributed by atoms with Crippen molar-refractivity contribution in [3.8, 4) is 11.3 Å². The minimum atomic E-state index is -0.345. The lowest BCUT2D eigenvalue weighted by Crippen LogP contribution is -2.44. The van der Waals surface area contributed by atoms with Crippen molar-refractivity contribution in [2.24, 2.45) is 0 Å². The number of aromatic nitrogens is 5. The van der Waals surface area contributed by atoms with E-state index in [1.165, 1.54) is 12.1 Å². The number of fused-ring (bicyclic) bond motifs is 2. The van der Waals surface area contributed by atoms with E-state index in [4.69, 9.17) is 4.74 Å². The fourth-order valence-corrected chi connectivity index (χ4v) is 5.33. The summed E-state index contributed by atoms with van der Waals surface area (Å²) < 4.78 is 23.4. The molecular formula is C28H25FN8O2. The SMILES string of the molecule is O=C1NCc2c(-c3cnc4cc(F)ccn34)ccc(Nc3ccc(N4CCO[C@H](Cn5ccnc5)C4)cn3)c21. The summed E-state index contributed by atoms with van der Waals surface area (Å²) >= 11 is 0. The summed E-state index contributed by atoms with van der Waals surface area (Å²) in [6, 6.07) is 10.6. The van der Waals surface area contributed by atoms with Crippen LogP contribution in [-0.2, 0) is 17.8 Å². The maximum absolute atomic E-state index is 13.7. The van der Waals surface area contributed by atoms with E-state index >= 15 is 0 Å². The zero-order valence-electron chi connectivity index (χ0n) is 20.9. The maximum Gasteiger partial charge on any atom is 0.254 e. The number of carbonyl (C=O) groups excluding carboxylic acids is 1. The Balaban J connectivity index is 1.12. The molecule has 0 saturated carbocycles. The Hall–Kier alpha value is -4.77. The van der Waals surface area contributed by atoms with Gasteiger partial charge in [0.25, 0.3) is 5.91 Å². The van der Waals surface area contributed by atoms with Gasteiger partial charge in [0.1, 0.15) is 17.3 Å². The summed E-state index contributed by atoms with van der Waals surface area (Å²) in [7, 11) is 0. The van der Waals surface area contributed by atoms with E-state index in [1.807, 2.05) is 45.6 Å². The summed E-state index contributed by atoms with van der Waals surface area (Å²) in [5.41, 5.74) is 5.31. The van der Waals surface area contributed by atoms with Crippen LogP contribution in [-0.4, -0.2) is 55.6 Å². The molecule has 7 rings (SSSR count). The fraction of sp³-hybridized carbons (Fsp3) is 0.214. The van der Waals surface area contributed by atoms with Gasteiger partial charge in [-0.3, -0.25) is 9.20 Å². The smallest absolute Gasteiger partial charge is 0.254 e. The zero-order valence-corrected chi connectivity index (χ0v) is 20.9. The number of rotatable bonds is 6. The van der Waals surface area contributed by atoms with Crippen LogP contribution in [0.25, 0.3) is 16.9 Å². The number of nitrogens with zero attached hydrogens (tertiary/aromatic N) is 6. The Morgan fingerprint density at radius 3 is 2.92 bits per heavy atom. The van der Waals surface area contributed by atoms with E-state index in [9.17, 15) is 9.18 Å². The molecule has 0 bridgehead atoms. The third kappa shape index (κ3) is 4.36. The van der Waals surface area contributed by atoms with Crippen molar-refractivity contribution in [1.29, 1.82) is 0 Å². The number of ether oxygens (including phenoxy) is 1. The summed E-state index contributed by atoms with van der Waals surface area (Å²) in [6.07, 6.45) is 10.8. The highest BCUT2D eigenvalue weighted by Crippen LogP contribution is 2.35. The van der Waals surface area contributed by atoms with Crippen LogP contribution in [0.15, 0.2) is 73.7 Å². The average molecular weight is 525 g/mol. The van der Waals surface area contributed by atoms with Gasteiger partial charge in [-0.25, -0.2) is 19.3 Å². The summed E-state index contributed by atoms with van der Waals surface area (Å²) in [6.45, 7) is 3.35. The first kappa shape index (κ1) is 23.4. The molecule has 0 unspecified atom stereocenters. The molecule has 2 aliphatic rings. The van der Waals surface area contributed by atoms with E-state index < -0.39 is 0 Å². The molecule has 0 spiro atoms. The Morgan fingerprint density at radius 2 is 2.08 bits per heavy atom. The zero-order chi connectivity index (χ0) is 26.3. The van der Waals surface area contributed by atoms with Crippen LogP contribution in [0.4, 0.5) is 21.6 Å². The topological polar surface area (TPSA) is 102 Å². The van der Waals surface area contributed by atoms with Gasteiger partial charge in [-0.1, -0.05) is 6.07 Å². The molecule has 1 atom stereocenters. The van der Waals surface area contributed by atoms with E-state index in [0.717, 1.165) is 42.1 Å². The number of pyridine rings is 2. The van der Waals surface area contributed by atoms with Gasteiger partial charge >= 0.3 is 0 Å². The van der Waals surface area contributed by atoms with Crippen molar-refractivity contribution < 1.29 is 13.9 Å². The highest BCUT2D eigenvalue weighted by atomic mass is 19.1. The predicted octanol–water partition coefficient (Wildman–Crippen LogP) is 3.62. The molecule has 1 aromatic carbocycles. The molecule has 6 heterocycles. The van der Waals surface area contributed by atoms with E-state index in [0.29, 0.717) is 35.9 Å². The first-order chi connectivity index (χ1) is 19.1. The first-order valence-corrected chi connectivity index (χ1v) is 12.7. The Kier molecular flexibility index (Phi) is 5.70. The number of nitrogens with one attached hydrogen (secondary N) is 2. The molecule has 5 aromatic rings. The number of halogens is 1. The second-order valence-corrected chi connectivity index (χ2v) is 9.64. The van der Waals surface area contributed by atoms with Crippen molar-refractivity contribution in [2.75, 3.05) is 29.9 Å². The van der Waals surface area contributed by atoms with Crippen molar-refractivity contribution in [3.05, 3.63) is 90.7 Å². The third-order valence-corrected chi connectivity index (χ3v) is 7.21. The number of imidazole rings is 2. The Labute approximate surface area is 223 Å². The molecular weight excluding hydrogens is 499 g/mol. The van der Waals surface area contributed by atoms with Crippen LogP contribution in [0.3, 0.4) is 0 Å². The maximum atomic E-state index is 13.7. The lowest BCUT2D eigenvalue weighted by Gasteiger charge is -2.34. The van der Waals surface area contributed by atoms with Crippen LogP contribution >= 0.6 is 0 Å². The van der Waals surface area contributed by atoms with Crippen LogP contribution in [0.2, 0.25) is 0 Å². The van der Waals surface area contributed by atoms with Gasteiger partial charge in [-0.05, 0) is 29.8 Å². The highest BCUT2D eigenvalue weighted by molar-refractivity contribution is 6.06. The summed E-state index contributed by atoms with van der Waals surface area (Å²) in [5, 5.41) is 6.25. The van der Waals surface area contributed by atoms with Gasteiger partial charge in [-0.2, -0.15) is 0 Å². The first-order valence-electron chi connectivity index (χ1n) is 12.7. The van der Waals surface area contributed by atoms with Crippen molar-refractivity contribution in [1.82, 2.24) is 29.2 Å². The number of benzene rings is 1. The average Bonchev–Trinajstić information content (AvgIpc) is 3.70. The molecule has 0 aliphatic carbocycles. The molecule has 2 N–H and O–H groups in total. The minimum absolute atomic E-state index is 0.0669. The van der Waals surface area contributed by atoms with Crippen molar-refractivity contribution in [3.63, 3.8) is 0 Å². The normalized spacial score (nSPS) is 16.9. The second-order valence-electron chi connectivity index (χ2n) is 9.64. The van der Waals surface area contributed by atoms with Gasteiger partial charge < -0.3 is 24.8 Å². The minimum Gasteiger partial charge on any atom is -0.373 e. The molecule has 1 amide bonds. The van der Waals surface area contributed by atoms with E-state index in [-0.39, 0.29) is 17.8 Å². The molecule has 2 aliphatic heterocycles. The van der Waals surface area contributed by atoms with Crippen LogP contribution < -0.4 is 15.5 Å². The number of amides is 1. The molecule has 39 heavy (non-hydrogen) atoms. The lowest BCUT2D eigenvalue weighted by molar-refractivity contribution is 0.0296. The molecule has 196 valence electrons. The van der Waals surface area contributed by atoms with Crippen LogP contribution in [0.1, 0.15) is 15.9 Å². The Bertz CT molecular complexity index is 1670. The number of anilines is 3. The molecule has 0 radical (unpaired) electrons. The largest absolute Gasteiger partial charge is 0.373 e. The van der Waals surface area contributed by atoms with Crippen molar-refractivity contribution >= 4 is 28.7 Å². The van der Waals surface area contributed by atoms with Gasteiger partial charge in [0.05, 0.1) is 60.6 Å². The molecule has 10 nitrogen and oxygen atoms in total. The lowest BCUT2D eigenvalue weighted by atomic mass is 9.99. The van der Waals surface area contributed by atoms with Gasteiger partial charge in [0.2, 0.25) is 0 Å². The third-order valence-electron chi connectivity index (χ3n) is 7.21. The second kappa shape index (κ2) is 9.52. The number of carbonyl (C=O) groups is 1. The predicted molar refractivity (Wildman–Crippen MR) is 143 cm³/mol. The van der Waals surface area contributed by atoms with Gasteiger partial charge in [-0.15, -0.1) is 0 Å². The quantitative estimate of drug-likeness (QED) is 0.350.